The molecular weight excluding hydrogens is 340 g/mol. The van der Waals surface area contributed by atoms with Crippen LogP contribution in [0.5, 0.6) is 5.75 Å². The largest absolute Gasteiger partial charge is 0.497 e. The van der Waals surface area contributed by atoms with Gasteiger partial charge in [-0.25, -0.2) is 0 Å². The SMILES string of the molecule is COc1ccc(CCNC(=O)c2cccc(C(=O)N3CCCCC3)c2)cc1. The van der Waals surface area contributed by atoms with Crippen LogP contribution in [0.4, 0.5) is 0 Å². The lowest BCUT2D eigenvalue weighted by Crippen LogP contribution is -2.35. The van der Waals surface area contributed by atoms with E-state index < -0.39 is 0 Å². The lowest BCUT2D eigenvalue weighted by molar-refractivity contribution is 0.0724. The number of nitrogens with one attached hydrogen (secondary N) is 1. The third-order valence-corrected chi connectivity index (χ3v) is 4.87. The summed E-state index contributed by atoms with van der Waals surface area (Å²) in [6.45, 7) is 2.14. The molecule has 2 amide bonds. The second-order valence-corrected chi connectivity index (χ2v) is 6.79. The summed E-state index contributed by atoms with van der Waals surface area (Å²) in [5, 5.41) is 2.93. The molecule has 0 unspecified atom stereocenters. The Hall–Kier alpha value is -2.82. The highest BCUT2D eigenvalue weighted by Crippen LogP contribution is 2.15. The summed E-state index contributed by atoms with van der Waals surface area (Å²) in [6.07, 6.45) is 4.02. The molecule has 1 aliphatic heterocycles. The van der Waals surface area contributed by atoms with Crippen LogP contribution < -0.4 is 10.1 Å². The van der Waals surface area contributed by atoms with Crippen LogP contribution in [0.2, 0.25) is 0 Å². The highest BCUT2D eigenvalue weighted by Gasteiger charge is 2.19. The molecule has 0 atom stereocenters. The number of hydrogen-bond acceptors (Lipinski definition) is 3. The molecular formula is C22H26N2O3. The van der Waals surface area contributed by atoms with E-state index in [9.17, 15) is 9.59 Å². The molecule has 0 bridgehead atoms. The molecule has 0 aromatic heterocycles. The quantitative estimate of drug-likeness (QED) is 0.853. The van der Waals surface area contributed by atoms with Crippen molar-refractivity contribution in [1.29, 1.82) is 0 Å². The highest BCUT2D eigenvalue weighted by atomic mass is 16.5. The lowest BCUT2D eigenvalue weighted by atomic mass is 10.1. The number of nitrogens with zero attached hydrogens (tertiary/aromatic N) is 1. The van der Waals surface area contributed by atoms with Gasteiger partial charge >= 0.3 is 0 Å². The van der Waals surface area contributed by atoms with Crippen LogP contribution >= 0.6 is 0 Å². The van der Waals surface area contributed by atoms with Crippen LogP contribution in [0.3, 0.4) is 0 Å². The summed E-state index contributed by atoms with van der Waals surface area (Å²) in [4.78, 5) is 26.9. The Morgan fingerprint density at radius 2 is 1.70 bits per heavy atom. The number of carbonyl (C=O) groups excluding carboxylic acids is 2. The molecule has 1 fully saturated rings. The van der Waals surface area contributed by atoms with Crippen LogP contribution in [-0.2, 0) is 6.42 Å². The Balaban J connectivity index is 1.55. The Morgan fingerprint density at radius 1 is 1.00 bits per heavy atom. The summed E-state index contributed by atoms with van der Waals surface area (Å²) < 4.78 is 5.14. The van der Waals surface area contributed by atoms with Crippen molar-refractivity contribution in [2.75, 3.05) is 26.7 Å². The minimum absolute atomic E-state index is 0.0163. The fraction of sp³-hybridized carbons (Fsp3) is 0.364. The molecule has 5 heteroatoms. The summed E-state index contributed by atoms with van der Waals surface area (Å²) in [6, 6.07) is 14.8. The van der Waals surface area contributed by atoms with Gasteiger partial charge in [0.1, 0.15) is 5.75 Å². The van der Waals surface area contributed by atoms with Crippen molar-refractivity contribution in [3.63, 3.8) is 0 Å². The molecule has 0 radical (unpaired) electrons. The average Bonchev–Trinajstić information content (AvgIpc) is 2.74. The zero-order valence-electron chi connectivity index (χ0n) is 15.7. The first-order valence-corrected chi connectivity index (χ1v) is 9.48. The van der Waals surface area contributed by atoms with Crippen LogP contribution in [-0.4, -0.2) is 43.5 Å². The number of carbonyl (C=O) groups is 2. The second-order valence-electron chi connectivity index (χ2n) is 6.79. The predicted molar refractivity (Wildman–Crippen MR) is 105 cm³/mol. The molecule has 1 saturated heterocycles. The van der Waals surface area contributed by atoms with Crippen molar-refractivity contribution >= 4 is 11.8 Å². The number of methoxy groups -OCH3 is 1. The van der Waals surface area contributed by atoms with Gasteiger partial charge in [0.05, 0.1) is 7.11 Å². The van der Waals surface area contributed by atoms with Crippen molar-refractivity contribution in [2.45, 2.75) is 25.7 Å². The minimum atomic E-state index is -0.156. The van der Waals surface area contributed by atoms with Crippen molar-refractivity contribution < 1.29 is 14.3 Å². The molecule has 0 saturated carbocycles. The van der Waals surface area contributed by atoms with Gasteiger partial charge in [-0.3, -0.25) is 9.59 Å². The van der Waals surface area contributed by atoms with Crippen LogP contribution in [0.1, 0.15) is 45.5 Å². The van der Waals surface area contributed by atoms with Crippen molar-refractivity contribution in [3.8, 4) is 5.75 Å². The number of ether oxygens (including phenoxy) is 1. The van der Waals surface area contributed by atoms with Gasteiger partial charge in [0, 0.05) is 30.8 Å². The molecule has 2 aromatic rings. The van der Waals surface area contributed by atoms with Gasteiger partial charge in [-0.2, -0.15) is 0 Å². The first-order valence-electron chi connectivity index (χ1n) is 9.48. The van der Waals surface area contributed by atoms with Crippen LogP contribution in [0, 0.1) is 0 Å². The lowest BCUT2D eigenvalue weighted by Gasteiger charge is -2.26. The molecule has 3 rings (SSSR count). The zero-order valence-corrected chi connectivity index (χ0v) is 15.7. The summed E-state index contributed by atoms with van der Waals surface area (Å²) >= 11 is 0. The van der Waals surface area contributed by atoms with Crippen LogP contribution in [0.15, 0.2) is 48.5 Å². The molecule has 1 heterocycles. The van der Waals surface area contributed by atoms with Gasteiger partial charge < -0.3 is 15.0 Å². The molecule has 0 aliphatic carbocycles. The van der Waals surface area contributed by atoms with Gasteiger partial charge in [-0.1, -0.05) is 18.2 Å². The van der Waals surface area contributed by atoms with E-state index in [4.69, 9.17) is 4.74 Å². The minimum Gasteiger partial charge on any atom is -0.497 e. The highest BCUT2D eigenvalue weighted by molar-refractivity contribution is 5.99. The van der Waals surface area contributed by atoms with Gasteiger partial charge in [-0.05, 0) is 61.6 Å². The number of hydrogen-bond donors (Lipinski definition) is 1. The molecule has 1 N–H and O–H groups in total. The second kappa shape index (κ2) is 9.21. The van der Waals surface area contributed by atoms with E-state index in [1.165, 1.54) is 6.42 Å². The monoisotopic (exact) mass is 366 g/mol. The van der Waals surface area contributed by atoms with Gasteiger partial charge in [0.25, 0.3) is 11.8 Å². The first kappa shape index (κ1) is 19.0. The molecule has 142 valence electrons. The Morgan fingerprint density at radius 3 is 2.41 bits per heavy atom. The smallest absolute Gasteiger partial charge is 0.253 e. The molecule has 27 heavy (non-hydrogen) atoms. The van der Waals surface area contributed by atoms with Crippen LogP contribution in [0.25, 0.3) is 0 Å². The molecule has 2 aromatic carbocycles. The number of amides is 2. The van der Waals surface area contributed by atoms with E-state index in [-0.39, 0.29) is 11.8 Å². The van der Waals surface area contributed by atoms with E-state index in [1.54, 1.807) is 31.4 Å². The van der Waals surface area contributed by atoms with Crippen molar-refractivity contribution in [3.05, 3.63) is 65.2 Å². The van der Waals surface area contributed by atoms with Gasteiger partial charge in [0.2, 0.25) is 0 Å². The molecule has 5 nitrogen and oxygen atoms in total. The first-order chi connectivity index (χ1) is 13.2. The third-order valence-electron chi connectivity index (χ3n) is 4.87. The maximum atomic E-state index is 12.6. The van der Waals surface area contributed by atoms with E-state index in [1.807, 2.05) is 29.2 Å². The maximum absolute atomic E-state index is 12.6. The predicted octanol–water partition coefficient (Wildman–Crippen LogP) is 3.29. The molecule has 0 spiro atoms. The summed E-state index contributed by atoms with van der Waals surface area (Å²) in [5.74, 6) is 0.678. The Kier molecular flexibility index (Phi) is 6.47. The van der Waals surface area contributed by atoms with Gasteiger partial charge in [-0.15, -0.1) is 0 Å². The Bertz CT molecular complexity index is 780. The average molecular weight is 366 g/mol. The fourth-order valence-electron chi connectivity index (χ4n) is 3.29. The molecule has 1 aliphatic rings. The number of likely N-dealkylation sites (tertiary alicyclic amines) is 1. The van der Waals surface area contributed by atoms with E-state index in [0.717, 1.165) is 43.7 Å². The maximum Gasteiger partial charge on any atom is 0.253 e. The fourth-order valence-corrected chi connectivity index (χ4v) is 3.29. The summed E-state index contributed by atoms with van der Waals surface area (Å²) in [7, 11) is 1.64. The van der Waals surface area contributed by atoms with Crippen molar-refractivity contribution in [1.82, 2.24) is 10.2 Å². The third kappa shape index (κ3) is 5.09. The topological polar surface area (TPSA) is 58.6 Å². The summed E-state index contributed by atoms with van der Waals surface area (Å²) in [5.41, 5.74) is 2.23. The van der Waals surface area contributed by atoms with Crippen molar-refractivity contribution in [2.24, 2.45) is 0 Å². The normalized spacial score (nSPS) is 13.9. The van der Waals surface area contributed by atoms with E-state index in [2.05, 4.69) is 5.32 Å². The number of benzene rings is 2. The standard InChI is InChI=1S/C22H26N2O3/c1-27-20-10-8-17(9-11-20)12-13-23-21(25)18-6-5-7-19(16-18)22(26)24-14-3-2-4-15-24/h5-11,16H,2-4,12-15H2,1H3,(H,23,25). The zero-order chi connectivity index (χ0) is 19.1. The Labute approximate surface area is 160 Å². The van der Waals surface area contributed by atoms with E-state index in [0.29, 0.717) is 17.7 Å². The number of rotatable bonds is 6. The van der Waals surface area contributed by atoms with Gasteiger partial charge in [0.15, 0.2) is 0 Å². The van der Waals surface area contributed by atoms with E-state index >= 15 is 0 Å². The number of piperidine rings is 1.